The molecule has 1 aliphatic rings. The van der Waals surface area contributed by atoms with Crippen LogP contribution in [0.3, 0.4) is 0 Å². The highest BCUT2D eigenvalue weighted by Crippen LogP contribution is 2.30. The first-order chi connectivity index (χ1) is 16.2. The van der Waals surface area contributed by atoms with Crippen LogP contribution in [0.15, 0.2) is 60.2 Å². The van der Waals surface area contributed by atoms with Crippen LogP contribution in [0.5, 0.6) is 11.5 Å². The minimum Gasteiger partial charge on any atom is -0.497 e. The first-order valence-electron chi connectivity index (χ1n) is 11.1. The van der Waals surface area contributed by atoms with Crippen LogP contribution in [0.4, 0.5) is 5.69 Å². The number of pyridine rings is 1. The number of nitrogens with zero attached hydrogens (tertiary/aromatic N) is 5. The summed E-state index contributed by atoms with van der Waals surface area (Å²) < 4.78 is 12.7. The molecule has 3 heterocycles. The fraction of sp³-hybridized carbons (Fsp3) is 0.375. The smallest absolute Gasteiger partial charge is 0.191 e. The molecule has 0 saturated carbocycles. The molecule has 0 radical (unpaired) electrons. The predicted octanol–water partition coefficient (Wildman–Crippen LogP) is 2.62. The number of benzene rings is 1. The van der Waals surface area contributed by atoms with Crippen molar-refractivity contribution >= 4 is 11.6 Å². The van der Waals surface area contributed by atoms with Crippen LogP contribution in [0.25, 0.3) is 5.82 Å². The number of imidazole rings is 1. The maximum atomic E-state index is 5.42. The molecule has 2 aromatic heterocycles. The van der Waals surface area contributed by atoms with Crippen molar-refractivity contribution in [2.24, 2.45) is 4.99 Å². The van der Waals surface area contributed by atoms with Crippen LogP contribution >= 0.6 is 0 Å². The van der Waals surface area contributed by atoms with Crippen molar-refractivity contribution in [3.05, 3.63) is 60.8 Å². The van der Waals surface area contributed by atoms with Gasteiger partial charge < -0.3 is 25.0 Å². The van der Waals surface area contributed by atoms with Crippen LogP contribution in [-0.4, -0.2) is 60.4 Å². The topological polar surface area (TPSA) is 88.8 Å². The Bertz CT molecular complexity index is 1030. The maximum Gasteiger partial charge on any atom is 0.191 e. The van der Waals surface area contributed by atoms with Crippen molar-refractivity contribution in [1.29, 1.82) is 0 Å². The lowest BCUT2D eigenvalue weighted by Gasteiger charge is -2.21. The summed E-state index contributed by atoms with van der Waals surface area (Å²) >= 11 is 0. The minimum atomic E-state index is 0.293. The van der Waals surface area contributed by atoms with Crippen LogP contribution < -0.4 is 25.0 Å². The molecule has 33 heavy (non-hydrogen) atoms. The van der Waals surface area contributed by atoms with Gasteiger partial charge in [-0.25, -0.2) is 15.0 Å². The quantitative estimate of drug-likeness (QED) is 0.404. The Morgan fingerprint density at radius 2 is 2.00 bits per heavy atom. The average molecular weight is 450 g/mol. The third-order valence-electron chi connectivity index (χ3n) is 5.57. The number of ether oxygens (including phenoxy) is 2. The number of aliphatic imine (C=N–C) groups is 1. The van der Waals surface area contributed by atoms with E-state index >= 15 is 0 Å². The standard InChI is InChI=1S/C24H31N7O2/c1-4-26-24(28-15-18-5-6-23(27-14-18)31-10-8-25-17-31)29-19-7-9-30(16-19)20-11-21(32-2)13-22(12-20)33-3/h5-6,8,10-14,17,19H,4,7,9,15-16H2,1-3H3,(H2,26,28,29). The van der Waals surface area contributed by atoms with E-state index in [0.29, 0.717) is 12.6 Å². The normalized spacial score (nSPS) is 16.0. The number of nitrogens with one attached hydrogen (secondary N) is 2. The summed E-state index contributed by atoms with van der Waals surface area (Å²) in [6.45, 7) is 5.25. The van der Waals surface area contributed by atoms with Crippen molar-refractivity contribution in [3.8, 4) is 17.3 Å². The molecule has 0 amide bonds. The summed E-state index contributed by atoms with van der Waals surface area (Å²) in [6.07, 6.45) is 8.23. The van der Waals surface area contributed by atoms with E-state index in [0.717, 1.165) is 60.6 Å². The first-order valence-corrected chi connectivity index (χ1v) is 11.1. The monoisotopic (exact) mass is 449 g/mol. The van der Waals surface area contributed by atoms with Crippen molar-refractivity contribution in [2.75, 3.05) is 38.8 Å². The molecule has 1 aliphatic heterocycles. The van der Waals surface area contributed by atoms with E-state index < -0.39 is 0 Å². The lowest BCUT2D eigenvalue weighted by Crippen LogP contribution is -2.44. The minimum absolute atomic E-state index is 0.293. The van der Waals surface area contributed by atoms with Crippen molar-refractivity contribution in [1.82, 2.24) is 25.2 Å². The Labute approximate surface area is 194 Å². The van der Waals surface area contributed by atoms with E-state index in [2.05, 4.69) is 32.4 Å². The van der Waals surface area contributed by atoms with Crippen LogP contribution in [0, 0.1) is 0 Å². The molecule has 0 aliphatic carbocycles. The lowest BCUT2D eigenvalue weighted by atomic mass is 10.2. The third-order valence-corrected chi connectivity index (χ3v) is 5.57. The van der Waals surface area contributed by atoms with Gasteiger partial charge in [0.15, 0.2) is 5.96 Å². The van der Waals surface area contributed by atoms with Crippen molar-refractivity contribution in [2.45, 2.75) is 25.9 Å². The van der Waals surface area contributed by atoms with E-state index in [4.69, 9.17) is 14.5 Å². The molecule has 4 rings (SSSR count). The van der Waals surface area contributed by atoms with Gasteiger partial charge in [0, 0.05) is 68.2 Å². The lowest BCUT2D eigenvalue weighted by molar-refractivity contribution is 0.394. The summed E-state index contributed by atoms with van der Waals surface area (Å²) in [6, 6.07) is 10.3. The highest BCUT2D eigenvalue weighted by atomic mass is 16.5. The van der Waals surface area contributed by atoms with Gasteiger partial charge in [0.25, 0.3) is 0 Å². The Kier molecular flexibility index (Phi) is 7.29. The first kappa shape index (κ1) is 22.4. The van der Waals surface area contributed by atoms with Gasteiger partial charge in [-0.2, -0.15) is 0 Å². The van der Waals surface area contributed by atoms with Gasteiger partial charge in [0.2, 0.25) is 0 Å². The second-order valence-electron chi connectivity index (χ2n) is 7.84. The number of rotatable bonds is 8. The summed E-state index contributed by atoms with van der Waals surface area (Å²) in [5.74, 6) is 3.24. The molecule has 3 aromatic rings. The predicted molar refractivity (Wildman–Crippen MR) is 129 cm³/mol. The Morgan fingerprint density at radius 1 is 1.18 bits per heavy atom. The molecule has 174 valence electrons. The Morgan fingerprint density at radius 3 is 2.64 bits per heavy atom. The van der Waals surface area contributed by atoms with E-state index in [1.54, 1.807) is 26.7 Å². The molecule has 2 N–H and O–H groups in total. The zero-order valence-corrected chi connectivity index (χ0v) is 19.4. The highest BCUT2D eigenvalue weighted by Gasteiger charge is 2.24. The van der Waals surface area contributed by atoms with Crippen molar-refractivity contribution in [3.63, 3.8) is 0 Å². The average Bonchev–Trinajstić information content (AvgIpc) is 3.55. The van der Waals surface area contributed by atoms with Crippen LogP contribution in [0.1, 0.15) is 18.9 Å². The number of anilines is 1. The highest BCUT2D eigenvalue weighted by molar-refractivity contribution is 5.80. The molecule has 1 aromatic carbocycles. The fourth-order valence-corrected chi connectivity index (χ4v) is 3.83. The van der Waals surface area contributed by atoms with E-state index in [1.165, 1.54) is 0 Å². The number of aromatic nitrogens is 3. The Hall–Kier alpha value is -3.75. The van der Waals surface area contributed by atoms with Crippen LogP contribution in [-0.2, 0) is 6.54 Å². The molecule has 9 nitrogen and oxygen atoms in total. The molecule has 9 heteroatoms. The summed E-state index contributed by atoms with van der Waals surface area (Å²) in [7, 11) is 3.35. The van der Waals surface area contributed by atoms with Crippen LogP contribution in [0.2, 0.25) is 0 Å². The molecule has 1 fully saturated rings. The summed E-state index contributed by atoms with van der Waals surface area (Å²) in [5.41, 5.74) is 2.15. The van der Waals surface area contributed by atoms with E-state index in [-0.39, 0.29) is 0 Å². The number of hydrogen-bond acceptors (Lipinski definition) is 6. The summed E-state index contributed by atoms with van der Waals surface area (Å²) in [5, 5.41) is 6.93. The van der Waals surface area contributed by atoms with Gasteiger partial charge >= 0.3 is 0 Å². The van der Waals surface area contributed by atoms with Gasteiger partial charge in [-0.05, 0) is 25.0 Å². The zero-order valence-electron chi connectivity index (χ0n) is 19.4. The van der Waals surface area contributed by atoms with E-state index in [1.807, 2.05) is 47.3 Å². The maximum absolute atomic E-state index is 5.42. The molecular weight excluding hydrogens is 418 g/mol. The van der Waals surface area contributed by atoms with Gasteiger partial charge in [0.1, 0.15) is 23.6 Å². The zero-order chi connectivity index (χ0) is 23.0. The third kappa shape index (κ3) is 5.74. The summed E-state index contributed by atoms with van der Waals surface area (Å²) in [4.78, 5) is 15.7. The number of hydrogen-bond donors (Lipinski definition) is 2. The van der Waals surface area contributed by atoms with Gasteiger partial charge in [-0.3, -0.25) is 4.57 Å². The molecule has 1 atom stereocenters. The molecule has 0 spiro atoms. The van der Waals surface area contributed by atoms with E-state index in [9.17, 15) is 0 Å². The second-order valence-corrected chi connectivity index (χ2v) is 7.84. The van der Waals surface area contributed by atoms with Gasteiger partial charge in [-0.1, -0.05) is 6.07 Å². The molecule has 0 bridgehead atoms. The number of methoxy groups -OCH3 is 2. The van der Waals surface area contributed by atoms with Gasteiger partial charge in [0.05, 0.1) is 20.8 Å². The Balaban J connectivity index is 1.37. The molecule has 1 unspecified atom stereocenters. The fourth-order valence-electron chi connectivity index (χ4n) is 3.83. The molecular formula is C24H31N7O2. The molecule has 1 saturated heterocycles. The SMILES string of the molecule is CCNC(=NCc1ccc(-n2ccnc2)nc1)NC1CCN(c2cc(OC)cc(OC)c2)C1. The second kappa shape index (κ2) is 10.7. The van der Waals surface area contributed by atoms with Gasteiger partial charge in [-0.15, -0.1) is 0 Å². The number of guanidine groups is 1. The van der Waals surface area contributed by atoms with Crippen molar-refractivity contribution < 1.29 is 9.47 Å². The largest absolute Gasteiger partial charge is 0.497 e.